The Morgan fingerprint density at radius 3 is 1.64 bits per heavy atom. The highest BCUT2D eigenvalue weighted by atomic mass is 19.1. The number of Topliss-reactive ketones (excluding diaryl/α,β-unsaturated/α-hetero) is 1. The zero-order valence-corrected chi connectivity index (χ0v) is 27.7. The Hall–Kier alpha value is -3.27. The van der Waals surface area contributed by atoms with Gasteiger partial charge in [-0.3, -0.25) is 19.2 Å². The first-order valence-corrected chi connectivity index (χ1v) is 16.2. The molecule has 0 saturated heterocycles. The molecule has 0 radical (unpaired) electrons. The van der Waals surface area contributed by atoms with Crippen molar-refractivity contribution >= 4 is 23.7 Å². The Kier molecular flexibility index (Phi) is 72.0. The average molecular weight is 813 g/mol. The normalized spacial score (nSPS) is 11.2. The minimum atomic E-state index is -0.770. The summed E-state index contributed by atoms with van der Waals surface area (Å²) in [6.07, 6.45) is 9.18. The SMILES string of the molecule is C.C.C.C.C.C.C.C.C.C.C.CCCCCCC=CCC(CC(C)=O)OC(=O)CC(CCCC)OC(=O)CC(C)OC(=O)CC(COc1ccc(F)cc1)OC. The van der Waals surface area contributed by atoms with Gasteiger partial charge in [-0.25, -0.2) is 4.39 Å². The first-order chi connectivity index (χ1) is 21.6. The summed E-state index contributed by atoms with van der Waals surface area (Å²) in [6.45, 7) is 7.25. The summed E-state index contributed by atoms with van der Waals surface area (Å²) in [5.41, 5.74) is 0. The number of hydrogen-bond acceptors (Lipinski definition) is 9. The lowest BCUT2D eigenvalue weighted by Crippen LogP contribution is -2.29. The third kappa shape index (κ3) is 41.9. The van der Waals surface area contributed by atoms with E-state index in [4.69, 9.17) is 23.7 Å². The summed E-state index contributed by atoms with van der Waals surface area (Å²) in [7, 11) is 1.43. The number of esters is 3. The zero-order valence-electron chi connectivity index (χ0n) is 27.7. The smallest absolute Gasteiger partial charge is 0.309 e. The fourth-order valence-corrected chi connectivity index (χ4v) is 4.50. The summed E-state index contributed by atoms with van der Waals surface area (Å²) >= 11 is 0. The minimum absolute atomic E-state index is 0. The lowest BCUT2D eigenvalue weighted by Gasteiger charge is -2.21. The number of ether oxygens (including phenoxy) is 5. The van der Waals surface area contributed by atoms with E-state index < -0.39 is 42.3 Å². The van der Waals surface area contributed by atoms with Crippen molar-refractivity contribution in [1.29, 1.82) is 0 Å². The fraction of sp³-hybridized carbons (Fsp3) is 0.739. The summed E-state index contributed by atoms with van der Waals surface area (Å²) in [5, 5.41) is 0. The van der Waals surface area contributed by atoms with Crippen LogP contribution in [0, 0.1) is 5.82 Å². The Labute approximate surface area is 349 Å². The predicted molar refractivity (Wildman–Crippen MR) is 243 cm³/mol. The van der Waals surface area contributed by atoms with Crippen LogP contribution in [0.15, 0.2) is 36.4 Å². The number of hydrogen-bond donors (Lipinski definition) is 0. The number of methoxy groups -OCH3 is 1. The largest absolute Gasteiger partial charge is 0.491 e. The molecule has 56 heavy (non-hydrogen) atoms. The highest BCUT2D eigenvalue weighted by Gasteiger charge is 2.24. The van der Waals surface area contributed by atoms with Crippen LogP contribution in [-0.4, -0.2) is 61.8 Å². The van der Waals surface area contributed by atoms with E-state index in [2.05, 4.69) is 13.0 Å². The number of rotatable bonds is 25. The summed E-state index contributed by atoms with van der Waals surface area (Å²) < 4.78 is 40.5. The van der Waals surface area contributed by atoms with Gasteiger partial charge < -0.3 is 23.7 Å². The van der Waals surface area contributed by atoms with Crippen molar-refractivity contribution in [3.63, 3.8) is 0 Å². The molecule has 0 aliphatic rings. The number of benzene rings is 1. The molecule has 4 unspecified atom stereocenters. The third-order valence-electron chi connectivity index (χ3n) is 6.94. The molecule has 10 heteroatoms. The molecule has 0 fully saturated rings. The van der Waals surface area contributed by atoms with Gasteiger partial charge in [0.25, 0.3) is 0 Å². The van der Waals surface area contributed by atoms with Gasteiger partial charge >= 0.3 is 17.9 Å². The van der Waals surface area contributed by atoms with E-state index in [0.717, 1.165) is 25.7 Å². The monoisotopic (exact) mass is 813 g/mol. The molecule has 1 aromatic rings. The molecular weight excluding hydrogens is 715 g/mol. The van der Waals surface area contributed by atoms with Crippen molar-refractivity contribution in [3.05, 3.63) is 42.2 Å². The maximum atomic E-state index is 13.1. The maximum absolute atomic E-state index is 13.1. The summed E-state index contributed by atoms with van der Waals surface area (Å²) in [6, 6.07) is 5.48. The number of allylic oxidation sites excluding steroid dienone is 1. The molecule has 342 valence electrons. The van der Waals surface area contributed by atoms with Crippen LogP contribution < -0.4 is 4.74 Å². The Morgan fingerprint density at radius 2 is 1.12 bits per heavy atom. The Bertz CT molecular complexity index is 1030. The highest BCUT2D eigenvalue weighted by Crippen LogP contribution is 2.17. The molecule has 0 saturated carbocycles. The first kappa shape index (κ1) is 81.0. The molecule has 0 aliphatic carbocycles. The predicted octanol–water partition coefficient (Wildman–Crippen LogP) is 14.2. The van der Waals surface area contributed by atoms with Crippen LogP contribution in [-0.2, 0) is 38.1 Å². The lowest BCUT2D eigenvalue weighted by molar-refractivity contribution is -0.161. The van der Waals surface area contributed by atoms with Gasteiger partial charge in [0.2, 0.25) is 0 Å². The standard InChI is InChI=1S/C35H53FO9.11CH4/c1-6-8-10-11-12-13-14-16-30(21-26(3)37)44-35(40)23-31(15-9-7-2)45-33(38)22-27(4)43-34(39)24-32(41-5)25-42-29-19-17-28(36)18-20-29;;;;;;;;;;;/h13-14,17-20,27,30-32H,6-12,15-16,21-25H2,1-5H3;11*1H4. The van der Waals surface area contributed by atoms with Crippen molar-refractivity contribution in [2.75, 3.05) is 13.7 Å². The Morgan fingerprint density at radius 1 is 0.625 bits per heavy atom. The molecule has 0 aromatic heterocycles. The van der Waals surface area contributed by atoms with Crippen LogP contribution in [0.3, 0.4) is 0 Å². The van der Waals surface area contributed by atoms with Crippen molar-refractivity contribution in [2.24, 2.45) is 0 Å². The molecule has 0 bridgehead atoms. The van der Waals surface area contributed by atoms with Gasteiger partial charge in [-0.05, 0) is 57.4 Å². The van der Waals surface area contributed by atoms with Gasteiger partial charge in [0.05, 0.1) is 19.3 Å². The summed E-state index contributed by atoms with van der Waals surface area (Å²) in [5.74, 6) is -1.73. The van der Waals surface area contributed by atoms with E-state index in [1.54, 1.807) is 6.92 Å². The molecule has 4 atom stereocenters. The molecule has 9 nitrogen and oxygen atoms in total. The Balaban J connectivity index is -0.000000205. The van der Waals surface area contributed by atoms with Crippen molar-refractivity contribution in [2.45, 2.75) is 217 Å². The van der Waals surface area contributed by atoms with Crippen LogP contribution >= 0.6 is 0 Å². The average Bonchev–Trinajstić information content (AvgIpc) is 2.97. The third-order valence-corrected chi connectivity index (χ3v) is 6.94. The number of carbonyl (C=O) groups is 4. The molecule has 1 rings (SSSR count). The van der Waals surface area contributed by atoms with Crippen molar-refractivity contribution in [1.82, 2.24) is 0 Å². The second-order valence-corrected chi connectivity index (χ2v) is 11.4. The topological polar surface area (TPSA) is 114 Å². The summed E-state index contributed by atoms with van der Waals surface area (Å²) in [4.78, 5) is 49.7. The van der Waals surface area contributed by atoms with Gasteiger partial charge in [-0.1, -0.05) is 140 Å². The number of unbranched alkanes of at least 4 members (excludes halogenated alkanes) is 5. The quantitative estimate of drug-likeness (QED) is 0.0412. The molecule has 0 N–H and O–H groups in total. The minimum Gasteiger partial charge on any atom is -0.491 e. The van der Waals surface area contributed by atoms with Crippen LogP contribution in [0.25, 0.3) is 0 Å². The number of ketones is 1. The maximum Gasteiger partial charge on any atom is 0.309 e. The van der Waals surface area contributed by atoms with Crippen LogP contribution in [0.4, 0.5) is 4.39 Å². The molecule has 0 aliphatic heterocycles. The molecule has 0 amide bonds. The molecule has 1 aromatic carbocycles. The van der Waals surface area contributed by atoms with Crippen molar-refractivity contribution < 1.29 is 47.3 Å². The van der Waals surface area contributed by atoms with Crippen LogP contribution in [0.5, 0.6) is 5.75 Å². The van der Waals surface area contributed by atoms with Gasteiger partial charge in [0.15, 0.2) is 0 Å². The van der Waals surface area contributed by atoms with E-state index in [1.165, 1.54) is 57.6 Å². The first-order valence-electron chi connectivity index (χ1n) is 16.2. The molecule has 0 spiro atoms. The van der Waals surface area contributed by atoms with E-state index >= 15 is 0 Å². The van der Waals surface area contributed by atoms with Crippen LogP contribution in [0.1, 0.15) is 193 Å². The van der Waals surface area contributed by atoms with Crippen LogP contribution in [0.2, 0.25) is 0 Å². The highest BCUT2D eigenvalue weighted by molar-refractivity contribution is 5.77. The lowest BCUT2D eigenvalue weighted by atomic mass is 10.1. The number of carbonyl (C=O) groups excluding carboxylic acids is 4. The van der Waals surface area contributed by atoms with Gasteiger partial charge in [0, 0.05) is 20.0 Å². The van der Waals surface area contributed by atoms with E-state index in [1.807, 2.05) is 13.0 Å². The second kappa shape index (κ2) is 49.7. The van der Waals surface area contributed by atoms with E-state index in [0.29, 0.717) is 18.6 Å². The van der Waals surface area contributed by atoms with Crippen molar-refractivity contribution in [3.8, 4) is 5.75 Å². The molecular formula is C46H97FO9. The number of halogens is 1. The second-order valence-electron chi connectivity index (χ2n) is 11.4. The fourth-order valence-electron chi connectivity index (χ4n) is 4.50. The molecule has 0 heterocycles. The zero-order chi connectivity index (χ0) is 33.5. The van der Waals surface area contributed by atoms with Gasteiger partial charge in [-0.15, -0.1) is 0 Å². The van der Waals surface area contributed by atoms with Gasteiger partial charge in [0.1, 0.15) is 48.4 Å². The van der Waals surface area contributed by atoms with Gasteiger partial charge in [-0.2, -0.15) is 0 Å². The van der Waals surface area contributed by atoms with E-state index in [9.17, 15) is 23.6 Å². The van der Waals surface area contributed by atoms with E-state index in [-0.39, 0.29) is 126 Å².